The van der Waals surface area contributed by atoms with Crippen LogP contribution in [0.1, 0.15) is 54.4 Å². The van der Waals surface area contributed by atoms with Gasteiger partial charge >= 0.3 is 5.97 Å². The van der Waals surface area contributed by atoms with Crippen molar-refractivity contribution in [1.29, 1.82) is 0 Å². The van der Waals surface area contributed by atoms with Gasteiger partial charge in [-0.1, -0.05) is 42.8 Å². The molecule has 35 heavy (non-hydrogen) atoms. The van der Waals surface area contributed by atoms with Crippen molar-refractivity contribution in [3.05, 3.63) is 65.5 Å². The highest BCUT2D eigenvalue weighted by molar-refractivity contribution is 6.12. The predicted molar refractivity (Wildman–Crippen MR) is 140 cm³/mol. The molecule has 4 aromatic rings. The maximum atomic E-state index is 12.3. The Hall–Kier alpha value is -3.45. The van der Waals surface area contributed by atoms with Crippen molar-refractivity contribution in [2.75, 3.05) is 38.1 Å². The number of nitrogens with one attached hydrogen (secondary N) is 2. The molecule has 1 aliphatic heterocycles. The SMILES string of the molecule is CCOC(=O)c1ccc2c(c1)[nH]c1nc(Cc3ccccc3)nc(NCCCN3CCCCC3)c12. The number of hydrogen-bond acceptors (Lipinski definition) is 6. The fraction of sp³-hybridized carbons (Fsp3) is 0.393. The van der Waals surface area contributed by atoms with E-state index in [1.807, 2.05) is 43.3 Å². The van der Waals surface area contributed by atoms with E-state index in [4.69, 9.17) is 14.7 Å². The van der Waals surface area contributed by atoms with E-state index in [1.54, 1.807) is 0 Å². The number of aromatic amines is 1. The lowest BCUT2D eigenvalue weighted by atomic mass is 10.1. The number of benzene rings is 2. The molecule has 2 N–H and O–H groups in total. The Balaban J connectivity index is 1.44. The molecular formula is C28H33N5O2. The third-order valence-corrected chi connectivity index (χ3v) is 6.61. The first-order valence-electron chi connectivity index (χ1n) is 12.7. The zero-order chi connectivity index (χ0) is 24.0. The summed E-state index contributed by atoms with van der Waals surface area (Å²) in [5, 5.41) is 5.56. The molecule has 1 fully saturated rings. The fourth-order valence-corrected chi connectivity index (χ4v) is 4.87. The molecular weight excluding hydrogens is 438 g/mol. The summed E-state index contributed by atoms with van der Waals surface area (Å²) in [5.41, 5.74) is 3.33. The molecule has 5 rings (SSSR count). The molecule has 7 heteroatoms. The normalized spacial score (nSPS) is 14.4. The summed E-state index contributed by atoms with van der Waals surface area (Å²) in [6.07, 6.45) is 5.70. The van der Waals surface area contributed by atoms with Crippen LogP contribution in [0.15, 0.2) is 48.5 Å². The number of rotatable bonds is 9. The second-order valence-corrected chi connectivity index (χ2v) is 9.16. The van der Waals surface area contributed by atoms with Crippen molar-refractivity contribution in [2.24, 2.45) is 0 Å². The van der Waals surface area contributed by atoms with Crippen LogP contribution in [-0.2, 0) is 11.2 Å². The van der Waals surface area contributed by atoms with Gasteiger partial charge in [-0.2, -0.15) is 0 Å². The average Bonchev–Trinajstić information content (AvgIpc) is 3.25. The highest BCUT2D eigenvalue weighted by atomic mass is 16.5. The van der Waals surface area contributed by atoms with Gasteiger partial charge in [0.2, 0.25) is 0 Å². The smallest absolute Gasteiger partial charge is 0.338 e. The summed E-state index contributed by atoms with van der Waals surface area (Å²) >= 11 is 0. The van der Waals surface area contributed by atoms with E-state index in [0.717, 1.165) is 53.1 Å². The van der Waals surface area contributed by atoms with Crippen molar-refractivity contribution in [3.8, 4) is 0 Å². The molecule has 182 valence electrons. The first-order chi connectivity index (χ1) is 17.2. The molecule has 0 unspecified atom stereocenters. The highest BCUT2D eigenvalue weighted by Gasteiger charge is 2.17. The number of hydrogen-bond donors (Lipinski definition) is 2. The number of likely N-dealkylation sites (tertiary alicyclic amines) is 1. The second-order valence-electron chi connectivity index (χ2n) is 9.16. The van der Waals surface area contributed by atoms with Crippen molar-refractivity contribution in [2.45, 2.75) is 39.0 Å². The molecule has 0 atom stereocenters. The van der Waals surface area contributed by atoms with Gasteiger partial charge in [-0.25, -0.2) is 14.8 Å². The van der Waals surface area contributed by atoms with Crippen LogP contribution >= 0.6 is 0 Å². The van der Waals surface area contributed by atoms with Gasteiger partial charge in [0.1, 0.15) is 17.3 Å². The van der Waals surface area contributed by atoms with Crippen LogP contribution < -0.4 is 5.32 Å². The Morgan fingerprint density at radius 1 is 1.09 bits per heavy atom. The minimum Gasteiger partial charge on any atom is -0.462 e. The van der Waals surface area contributed by atoms with Crippen LogP contribution in [-0.4, -0.2) is 58.6 Å². The van der Waals surface area contributed by atoms with Crippen LogP contribution in [0.2, 0.25) is 0 Å². The lowest BCUT2D eigenvalue weighted by Gasteiger charge is -2.26. The first kappa shape index (κ1) is 23.3. The molecule has 7 nitrogen and oxygen atoms in total. The molecule has 0 saturated carbocycles. The second kappa shape index (κ2) is 10.9. The summed E-state index contributed by atoms with van der Waals surface area (Å²) in [5.74, 6) is 1.29. The summed E-state index contributed by atoms with van der Waals surface area (Å²) in [7, 11) is 0. The van der Waals surface area contributed by atoms with E-state index in [1.165, 1.54) is 37.9 Å². The lowest BCUT2D eigenvalue weighted by molar-refractivity contribution is 0.0526. The Kier molecular flexibility index (Phi) is 7.23. The molecule has 0 bridgehead atoms. The van der Waals surface area contributed by atoms with Crippen LogP contribution in [0.4, 0.5) is 5.82 Å². The average molecular weight is 472 g/mol. The predicted octanol–water partition coefficient (Wildman–Crippen LogP) is 5.17. The van der Waals surface area contributed by atoms with E-state index in [0.29, 0.717) is 18.6 Å². The Labute approximate surface area is 205 Å². The van der Waals surface area contributed by atoms with E-state index in [9.17, 15) is 4.79 Å². The molecule has 1 saturated heterocycles. The fourth-order valence-electron chi connectivity index (χ4n) is 4.87. The van der Waals surface area contributed by atoms with Gasteiger partial charge in [0.25, 0.3) is 0 Å². The lowest BCUT2D eigenvalue weighted by Crippen LogP contribution is -2.31. The standard InChI is InChI=1S/C28H33N5O2/c1-2-35-28(34)21-12-13-22-23(19-21)30-27-25(22)26(29-14-9-17-33-15-7-4-8-16-33)31-24(32-27)18-20-10-5-3-6-11-20/h3,5-6,10-13,19H,2,4,7-9,14-18H2,1H3,(H2,29,30,31,32). The largest absolute Gasteiger partial charge is 0.462 e. The molecule has 0 spiro atoms. The van der Waals surface area contributed by atoms with Gasteiger partial charge in [0, 0.05) is 23.9 Å². The number of fused-ring (bicyclic) bond motifs is 3. The number of nitrogens with zero attached hydrogens (tertiary/aromatic N) is 3. The van der Waals surface area contributed by atoms with Crippen LogP contribution in [0.25, 0.3) is 21.9 Å². The molecule has 3 heterocycles. The van der Waals surface area contributed by atoms with E-state index < -0.39 is 0 Å². The van der Waals surface area contributed by atoms with Gasteiger partial charge in [-0.3, -0.25) is 0 Å². The topological polar surface area (TPSA) is 83.1 Å². The first-order valence-corrected chi connectivity index (χ1v) is 12.7. The minimum absolute atomic E-state index is 0.319. The van der Waals surface area contributed by atoms with Crippen molar-refractivity contribution in [3.63, 3.8) is 0 Å². The molecule has 2 aromatic carbocycles. The van der Waals surface area contributed by atoms with Gasteiger partial charge in [0.15, 0.2) is 0 Å². The van der Waals surface area contributed by atoms with Gasteiger partial charge in [-0.15, -0.1) is 0 Å². The van der Waals surface area contributed by atoms with E-state index in [2.05, 4.69) is 27.3 Å². The number of esters is 1. The maximum absolute atomic E-state index is 12.3. The Morgan fingerprint density at radius 3 is 2.71 bits per heavy atom. The third-order valence-electron chi connectivity index (χ3n) is 6.61. The molecule has 1 aliphatic rings. The molecule has 0 amide bonds. The summed E-state index contributed by atoms with van der Waals surface area (Å²) in [6.45, 7) is 6.54. The number of H-pyrrole nitrogens is 1. The monoisotopic (exact) mass is 471 g/mol. The number of aromatic nitrogens is 3. The van der Waals surface area contributed by atoms with E-state index >= 15 is 0 Å². The van der Waals surface area contributed by atoms with Gasteiger partial charge in [0.05, 0.1) is 17.6 Å². The van der Waals surface area contributed by atoms with Crippen LogP contribution in [0.3, 0.4) is 0 Å². The molecule has 0 radical (unpaired) electrons. The summed E-state index contributed by atoms with van der Waals surface area (Å²) in [4.78, 5) is 28.0. The van der Waals surface area contributed by atoms with Crippen LogP contribution in [0.5, 0.6) is 0 Å². The Morgan fingerprint density at radius 2 is 1.91 bits per heavy atom. The quantitative estimate of drug-likeness (QED) is 0.259. The number of anilines is 1. The summed E-state index contributed by atoms with van der Waals surface area (Å²) < 4.78 is 5.18. The van der Waals surface area contributed by atoms with Gasteiger partial charge < -0.3 is 19.9 Å². The van der Waals surface area contributed by atoms with Crippen molar-refractivity contribution < 1.29 is 9.53 Å². The zero-order valence-electron chi connectivity index (χ0n) is 20.3. The van der Waals surface area contributed by atoms with E-state index in [-0.39, 0.29) is 5.97 Å². The third kappa shape index (κ3) is 5.46. The van der Waals surface area contributed by atoms with Crippen LogP contribution in [0, 0.1) is 0 Å². The summed E-state index contributed by atoms with van der Waals surface area (Å²) in [6, 6.07) is 15.9. The Bertz CT molecular complexity index is 1300. The number of carbonyl (C=O) groups excluding carboxylic acids is 1. The zero-order valence-corrected chi connectivity index (χ0v) is 20.3. The molecule has 2 aromatic heterocycles. The molecule has 0 aliphatic carbocycles. The highest BCUT2D eigenvalue weighted by Crippen LogP contribution is 2.31. The number of carbonyl (C=O) groups is 1. The number of ether oxygens (including phenoxy) is 1. The van der Waals surface area contributed by atoms with Crippen molar-refractivity contribution >= 4 is 33.7 Å². The van der Waals surface area contributed by atoms with Gasteiger partial charge in [-0.05, 0) is 63.5 Å². The number of piperidine rings is 1. The maximum Gasteiger partial charge on any atom is 0.338 e. The van der Waals surface area contributed by atoms with Crippen molar-refractivity contribution in [1.82, 2.24) is 19.9 Å². The minimum atomic E-state index is -0.319.